The molecular weight excluding hydrogens is 371 g/mol. The molecule has 7 heteroatoms. The fraction of sp³-hybridized carbons (Fsp3) is 0.0909. The molecule has 2 aromatic carbocycles. The molecule has 29 heavy (non-hydrogen) atoms. The molecule has 6 nitrogen and oxygen atoms in total. The minimum Gasteiger partial charge on any atom is -0.497 e. The first-order valence-corrected chi connectivity index (χ1v) is 9.04. The average molecular weight is 390 g/mol. The summed E-state index contributed by atoms with van der Waals surface area (Å²) in [5.74, 6) is 0.604. The number of aromatic nitrogens is 3. The smallest absolute Gasteiger partial charge is 0.256 e. The Hall–Kier alpha value is -3.87. The van der Waals surface area contributed by atoms with Gasteiger partial charge in [-0.1, -0.05) is 18.2 Å². The van der Waals surface area contributed by atoms with Crippen LogP contribution in [0.2, 0.25) is 0 Å². The molecule has 2 heterocycles. The van der Waals surface area contributed by atoms with E-state index in [1.165, 1.54) is 18.3 Å². The molecule has 0 unspecified atom stereocenters. The van der Waals surface area contributed by atoms with Crippen LogP contribution < -0.4 is 10.1 Å². The molecule has 4 aromatic rings. The summed E-state index contributed by atoms with van der Waals surface area (Å²) in [7, 11) is 1.60. The number of nitrogens with one attached hydrogen (secondary N) is 1. The van der Waals surface area contributed by atoms with Crippen molar-refractivity contribution in [1.82, 2.24) is 19.7 Å². The molecule has 4 rings (SSSR count). The zero-order valence-corrected chi connectivity index (χ0v) is 15.7. The highest BCUT2D eigenvalue weighted by Crippen LogP contribution is 2.21. The summed E-state index contributed by atoms with van der Waals surface area (Å²) in [5.41, 5.74) is 1.83. The molecule has 0 saturated heterocycles. The maximum Gasteiger partial charge on any atom is 0.256 e. The van der Waals surface area contributed by atoms with Crippen molar-refractivity contribution in [2.45, 2.75) is 6.54 Å². The van der Waals surface area contributed by atoms with Gasteiger partial charge in [-0.15, -0.1) is 0 Å². The SMILES string of the molecule is COc1cccc(CNC(=O)c2cnn(-c3cccc(F)c3)c2-n2cccc2)c1. The number of amides is 1. The fourth-order valence-electron chi connectivity index (χ4n) is 3.08. The van der Waals surface area contributed by atoms with Crippen molar-refractivity contribution >= 4 is 5.91 Å². The summed E-state index contributed by atoms with van der Waals surface area (Å²) in [6.45, 7) is 0.340. The maximum atomic E-state index is 13.7. The third kappa shape index (κ3) is 3.89. The van der Waals surface area contributed by atoms with Gasteiger partial charge in [0.25, 0.3) is 5.91 Å². The quantitative estimate of drug-likeness (QED) is 0.546. The van der Waals surface area contributed by atoms with Crippen molar-refractivity contribution in [2.24, 2.45) is 0 Å². The number of methoxy groups -OCH3 is 1. The van der Waals surface area contributed by atoms with Gasteiger partial charge in [0, 0.05) is 18.9 Å². The molecule has 2 aromatic heterocycles. The lowest BCUT2D eigenvalue weighted by Crippen LogP contribution is -2.24. The van der Waals surface area contributed by atoms with E-state index in [4.69, 9.17) is 4.74 Å². The Morgan fingerprint density at radius 2 is 1.90 bits per heavy atom. The van der Waals surface area contributed by atoms with Gasteiger partial charge >= 0.3 is 0 Å². The summed E-state index contributed by atoms with van der Waals surface area (Å²) in [6, 6.07) is 17.3. The standard InChI is InChI=1S/C22H19FN4O2/c1-29-19-9-4-6-16(12-19)14-24-21(28)20-15-25-27(18-8-5-7-17(23)13-18)22(20)26-10-2-3-11-26/h2-13,15H,14H2,1H3,(H,24,28). The first kappa shape index (κ1) is 18.5. The van der Waals surface area contributed by atoms with Gasteiger partial charge in [0.2, 0.25) is 0 Å². The molecule has 0 fully saturated rings. The van der Waals surface area contributed by atoms with Gasteiger partial charge in [0.05, 0.1) is 19.0 Å². The largest absolute Gasteiger partial charge is 0.497 e. The number of rotatable bonds is 6. The van der Waals surface area contributed by atoms with Gasteiger partial charge in [-0.2, -0.15) is 5.10 Å². The summed E-state index contributed by atoms with van der Waals surface area (Å²) in [6.07, 6.45) is 5.11. The zero-order chi connectivity index (χ0) is 20.2. The minimum absolute atomic E-state index is 0.279. The predicted molar refractivity (Wildman–Crippen MR) is 107 cm³/mol. The molecule has 146 valence electrons. The van der Waals surface area contributed by atoms with Crippen molar-refractivity contribution in [3.05, 3.63) is 96.2 Å². The molecule has 0 aliphatic carbocycles. The highest BCUT2D eigenvalue weighted by Gasteiger charge is 2.20. The molecule has 0 radical (unpaired) electrons. The van der Waals surface area contributed by atoms with Crippen molar-refractivity contribution in [1.29, 1.82) is 0 Å². The Morgan fingerprint density at radius 3 is 2.66 bits per heavy atom. The van der Waals surface area contributed by atoms with E-state index in [1.54, 1.807) is 28.5 Å². The second kappa shape index (κ2) is 8.02. The van der Waals surface area contributed by atoms with Crippen LogP contribution in [0.1, 0.15) is 15.9 Å². The average Bonchev–Trinajstić information content (AvgIpc) is 3.41. The number of benzene rings is 2. The number of carbonyl (C=O) groups is 1. The van der Waals surface area contributed by atoms with Crippen LogP contribution in [0.3, 0.4) is 0 Å². The van der Waals surface area contributed by atoms with E-state index in [0.717, 1.165) is 11.3 Å². The Kier molecular flexibility index (Phi) is 5.11. The summed E-state index contributed by atoms with van der Waals surface area (Å²) < 4.78 is 22.3. The van der Waals surface area contributed by atoms with Gasteiger partial charge in [0.15, 0.2) is 5.82 Å². The van der Waals surface area contributed by atoms with E-state index in [-0.39, 0.29) is 11.7 Å². The van der Waals surface area contributed by atoms with Gasteiger partial charge in [-0.25, -0.2) is 9.07 Å². The number of hydrogen-bond donors (Lipinski definition) is 1. The van der Waals surface area contributed by atoms with Crippen LogP contribution >= 0.6 is 0 Å². The molecule has 0 aliphatic heterocycles. The van der Waals surface area contributed by atoms with E-state index in [1.807, 2.05) is 48.8 Å². The number of hydrogen-bond acceptors (Lipinski definition) is 3. The number of ether oxygens (including phenoxy) is 1. The summed E-state index contributed by atoms with van der Waals surface area (Å²) in [5, 5.41) is 7.25. The van der Waals surface area contributed by atoms with Gasteiger partial charge < -0.3 is 14.6 Å². The monoisotopic (exact) mass is 390 g/mol. The van der Waals surface area contributed by atoms with E-state index in [9.17, 15) is 9.18 Å². The highest BCUT2D eigenvalue weighted by atomic mass is 19.1. The molecule has 0 aliphatic rings. The minimum atomic E-state index is -0.375. The molecule has 0 saturated carbocycles. The fourth-order valence-corrected chi connectivity index (χ4v) is 3.08. The highest BCUT2D eigenvalue weighted by molar-refractivity contribution is 5.97. The third-order valence-electron chi connectivity index (χ3n) is 4.48. The predicted octanol–water partition coefficient (Wildman–Crippen LogP) is 3.74. The second-order valence-electron chi connectivity index (χ2n) is 6.40. The van der Waals surface area contributed by atoms with Gasteiger partial charge in [0.1, 0.15) is 17.1 Å². The maximum absolute atomic E-state index is 13.7. The molecule has 0 spiro atoms. The van der Waals surface area contributed by atoms with Crippen molar-refractivity contribution in [3.8, 4) is 17.3 Å². The molecular formula is C22H19FN4O2. The third-order valence-corrected chi connectivity index (χ3v) is 4.48. The van der Waals surface area contributed by atoms with Gasteiger partial charge in [-0.05, 0) is 48.0 Å². The molecule has 0 atom stereocenters. The van der Waals surface area contributed by atoms with Crippen molar-refractivity contribution < 1.29 is 13.9 Å². The Bertz CT molecular complexity index is 1140. The lowest BCUT2D eigenvalue weighted by molar-refractivity contribution is 0.0951. The number of nitrogens with zero attached hydrogens (tertiary/aromatic N) is 3. The first-order valence-electron chi connectivity index (χ1n) is 9.04. The van der Waals surface area contributed by atoms with Gasteiger partial charge in [-0.3, -0.25) is 4.79 Å². The Labute approximate surface area is 167 Å². The first-order chi connectivity index (χ1) is 14.2. The second-order valence-corrected chi connectivity index (χ2v) is 6.40. The van der Waals surface area contributed by atoms with Crippen LogP contribution in [0.4, 0.5) is 4.39 Å². The Morgan fingerprint density at radius 1 is 1.10 bits per heavy atom. The molecule has 1 amide bonds. The van der Waals surface area contributed by atoms with E-state index in [2.05, 4.69) is 10.4 Å². The van der Waals surface area contributed by atoms with Crippen LogP contribution in [0.5, 0.6) is 5.75 Å². The number of halogens is 1. The lowest BCUT2D eigenvalue weighted by Gasteiger charge is -2.11. The van der Waals surface area contributed by atoms with E-state index >= 15 is 0 Å². The van der Waals surface area contributed by atoms with Crippen LogP contribution in [-0.4, -0.2) is 27.4 Å². The zero-order valence-electron chi connectivity index (χ0n) is 15.7. The van der Waals surface area contributed by atoms with Crippen molar-refractivity contribution in [3.63, 3.8) is 0 Å². The van der Waals surface area contributed by atoms with Crippen LogP contribution in [0.25, 0.3) is 11.5 Å². The van der Waals surface area contributed by atoms with E-state index < -0.39 is 0 Å². The van der Waals surface area contributed by atoms with E-state index in [0.29, 0.717) is 23.6 Å². The molecule has 1 N–H and O–H groups in total. The van der Waals surface area contributed by atoms with Crippen molar-refractivity contribution in [2.75, 3.05) is 7.11 Å². The lowest BCUT2D eigenvalue weighted by atomic mass is 10.2. The van der Waals surface area contributed by atoms with Crippen LogP contribution in [0, 0.1) is 5.82 Å². The Balaban J connectivity index is 1.65. The van der Waals surface area contributed by atoms with Crippen LogP contribution in [-0.2, 0) is 6.54 Å². The normalized spacial score (nSPS) is 10.7. The molecule has 0 bridgehead atoms. The summed E-state index contributed by atoms with van der Waals surface area (Å²) in [4.78, 5) is 12.9. The summed E-state index contributed by atoms with van der Waals surface area (Å²) >= 11 is 0. The van der Waals surface area contributed by atoms with Crippen LogP contribution in [0.15, 0.2) is 79.3 Å². The topological polar surface area (TPSA) is 61.1 Å². The number of carbonyl (C=O) groups excluding carboxylic acids is 1.